The van der Waals surface area contributed by atoms with Crippen molar-refractivity contribution in [3.8, 4) is 21.6 Å². The van der Waals surface area contributed by atoms with Crippen molar-refractivity contribution in [1.29, 1.82) is 0 Å². The zero-order valence-corrected chi connectivity index (χ0v) is 11.9. The van der Waals surface area contributed by atoms with Gasteiger partial charge in [0.05, 0.1) is 0 Å². The Morgan fingerprint density at radius 3 is 2.48 bits per heavy atom. The van der Waals surface area contributed by atoms with Crippen molar-refractivity contribution in [2.75, 3.05) is 5.73 Å². The van der Waals surface area contributed by atoms with Crippen LogP contribution in [-0.4, -0.2) is 10.9 Å². The van der Waals surface area contributed by atoms with Crippen LogP contribution in [0.4, 0.5) is 5.82 Å². The highest BCUT2D eigenvalue weighted by Crippen LogP contribution is 2.31. The van der Waals surface area contributed by atoms with Gasteiger partial charge >= 0.3 is 0 Å². The summed E-state index contributed by atoms with van der Waals surface area (Å²) in [6, 6.07) is 13.1. The Morgan fingerprint density at radius 2 is 1.86 bits per heavy atom. The van der Waals surface area contributed by atoms with Crippen LogP contribution in [0.15, 0.2) is 54.0 Å². The first kappa shape index (κ1) is 13.3. The summed E-state index contributed by atoms with van der Waals surface area (Å²) in [6.45, 7) is 0. The van der Waals surface area contributed by atoms with Gasteiger partial charge < -0.3 is 11.5 Å². The molecule has 21 heavy (non-hydrogen) atoms. The van der Waals surface area contributed by atoms with Crippen LogP contribution in [-0.2, 0) is 0 Å². The van der Waals surface area contributed by atoms with Crippen molar-refractivity contribution < 1.29 is 4.79 Å². The molecule has 0 unspecified atom stereocenters. The highest BCUT2D eigenvalue weighted by Gasteiger charge is 2.08. The van der Waals surface area contributed by atoms with Crippen LogP contribution in [0.3, 0.4) is 0 Å². The number of anilines is 1. The molecule has 2 heterocycles. The zero-order valence-electron chi connectivity index (χ0n) is 11.1. The Labute approximate surface area is 126 Å². The van der Waals surface area contributed by atoms with Gasteiger partial charge in [-0.05, 0) is 35.2 Å². The lowest BCUT2D eigenvalue weighted by Crippen LogP contribution is -2.10. The van der Waals surface area contributed by atoms with Crippen LogP contribution in [0.1, 0.15) is 10.4 Å². The maximum absolute atomic E-state index is 11.1. The summed E-state index contributed by atoms with van der Waals surface area (Å²) in [6.07, 6.45) is 1.77. The van der Waals surface area contributed by atoms with Crippen LogP contribution >= 0.6 is 11.3 Å². The first-order chi connectivity index (χ1) is 10.1. The summed E-state index contributed by atoms with van der Waals surface area (Å²) in [5, 5.41) is 2.02. The van der Waals surface area contributed by atoms with E-state index in [1.807, 2.05) is 35.7 Å². The summed E-state index contributed by atoms with van der Waals surface area (Å²) in [4.78, 5) is 16.5. The Hall–Kier alpha value is -2.66. The molecule has 0 spiro atoms. The third kappa shape index (κ3) is 2.64. The number of benzene rings is 1. The molecule has 0 saturated heterocycles. The lowest BCUT2D eigenvalue weighted by Gasteiger charge is -2.08. The fraction of sp³-hybridized carbons (Fsp3) is 0. The van der Waals surface area contributed by atoms with Gasteiger partial charge in [-0.25, -0.2) is 4.98 Å². The number of nitrogen functional groups attached to an aromatic ring is 1. The summed E-state index contributed by atoms with van der Waals surface area (Å²) >= 11 is 1.65. The molecule has 0 aliphatic rings. The van der Waals surface area contributed by atoms with E-state index in [4.69, 9.17) is 11.5 Å². The van der Waals surface area contributed by atoms with Crippen LogP contribution in [0.2, 0.25) is 0 Å². The van der Waals surface area contributed by atoms with Crippen LogP contribution in [0.25, 0.3) is 21.6 Å². The van der Waals surface area contributed by atoms with Gasteiger partial charge in [0.2, 0.25) is 5.91 Å². The maximum atomic E-state index is 11.1. The molecule has 0 aliphatic heterocycles. The largest absolute Gasteiger partial charge is 0.383 e. The fourth-order valence-corrected chi connectivity index (χ4v) is 2.81. The van der Waals surface area contributed by atoms with Crippen molar-refractivity contribution in [3.63, 3.8) is 0 Å². The number of rotatable bonds is 3. The number of nitrogens with zero attached hydrogens (tertiary/aromatic N) is 1. The second-order valence-electron chi connectivity index (χ2n) is 4.58. The Balaban J connectivity index is 2.05. The van der Waals surface area contributed by atoms with E-state index in [1.165, 1.54) is 0 Å². The topological polar surface area (TPSA) is 82.0 Å². The molecule has 0 saturated carbocycles. The first-order valence-electron chi connectivity index (χ1n) is 6.35. The normalized spacial score (nSPS) is 10.5. The van der Waals surface area contributed by atoms with Gasteiger partial charge in [-0.15, -0.1) is 11.3 Å². The van der Waals surface area contributed by atoms with Crippen LogP contribution in [0, 0.1) is 0 Å². The fourth-order valence-electron chi connectivity index (χ4n) is 2.10. The quantitative estimate of drug-likeness (QED) is 0.778. The van der Waals surface area contributed by atoms with E-state index in [2.05, 4.69) is 4.98 Å². The number of carbonyl (C=O) groups excluding carboxylic acids is 1. The summed E-state index contributed by atoms with van der Waals surface area (Å²) < 4.78 is 0. The van der Waals surface area contributed by atoms with E-state index >= 15 is 0 Å². The number of hydrogen-bond donors (Lipinski definition) is 2. The molecule has 2 aromatic heterocycles. The smallest absolute Gasteiger partial charge is 0.248 e. The highest BCUT2D eigenvalue weighted by atomic mass is 32.1. The molecule has 104 valence electrons. The molecule has 4 N–H and O–H groups in total. The van der Waals surface area contributed by atoms with Crippen molar-refractivity contribution in [1.82, 2.24) is 4.98 Å². The zero-order chi connectivity index (χ0) is 14.8. The molecule has 1 amide bonds. The van der Waals surface area contributed by atoms with Gasteiger partial charge in [-0.3, -0.25) is 4.79 Å². The number of amides is 1. The second-order valence-corrected chi connectivity index (χ2v) is 5.52. The van der Waals surface area contributed by atoms with Crippen molar-refractivity contribution in [3.05, 3.63) is 59.6 Å². The summed E-state index contributed by atoms with van der Waals surface area (Å²) in [5.74, 6) is 0.0158. The minimum absolute atomic E-state index is 0.444. The first-order valence-corrected chi connectivity index (χ1v) is 7.23. The molecule has 1 aromatic carbocycles. The number of primary amides is 1. The maximum Gasteiger partial charge on any atom is 0.248 e. The molecular weight excluding hydrogens is 282 g/mol. The summed E-state index contributed by atoms with van der Waals surface area (Å²) in [7, 11) is 0. The second kappa shape index (κ2) is 5.38. The van der Waals surface area contributed by atoms with Gasteiger partial charge in [0, 0.05) is 27.8 Å². The molecule has 4 nitrogen and oxygen atoms in total. The Kier molecular flexibility index (Phi) is 3.41. The highest BCUT2D eigenvalue weighted by molar-refractivity contribution is 7.13. The molecule has 0 bridgehead atoms. The molecule has 5 heteroatoms. The van der Waals surface area contributed by atoms with E-state index in [1.54, 1.807) is 29.7 Å². The minimum atomic E-state index is -0.444. The van der Waals surface area contributed by atoms with Crippen LogP contribution < -0.4 is 11.5 Å². The van der Waals surface area contributed by atoms with Gasteiger partial charge in [0.25, 0.3) is 0 Å². The SMILES string of the molecule is NC(=O)c1ccc(-c2cc(-c3cccs3)cnc2N)cc1. The third-order valence-electron chi connectivity index (χ3n) is 3.20. The van der Waals surface area contributed by atoms with Crippen molar-refractivity contribution in [2.24, 2.45) is 5.73 Å². The standard InChI is InChI=1S/C16H13N3OS/c17-15-13(10-3-5-11(6-4-10)16(18)20)8-12(9-19-15)14-2-1-7-21-14/h1-9H,(H2,17,19)(H2,18,20). The lowest BCUT2D eigenvalue weighted by molar-refractivity contribution is 0.100. The monoisotopic (exact) mass is 295 g/mol. The van der Waals surface area contributed by atoms with Gasteiger partial charge in [0.1, 0.15) is 5.82 Å². The van der Waals surface area contributed by atoms with Gasteiger partial charge in [0.15, 0.2) is 0 Å². The van der Waals surface area contributed by atoms with Gasteiger partial charge in [-0.1, -0.05) is 18.2 Å². The van der Waals surface area contributed by atoms with E-state index < -0.39 is 5.91 Å². The minimum Gasteiger partial charge on any atom is -0.383 e. The van der Waals surface area contributed by atoms with Crippen LogP contribution in [0.5, 0.6) is 0 Å². The average Bonchev–Trinajstić information content (AvgIpc) is 3.02. The number of nitrogens with two attached hydrogens (primary N) is 2. The molecular formula is C16H13N3OS. The van der Waals surface area contributed by atoms with E-state index in [0.29, 0.717) is 11.4 Å². The molecule has 3 aromatic rings. The number of pyridine rings is 1. The number of hydrogen-bond acceptors (Lipinski definition) is 4. The molecule has 0 fully saturated rings. The predicted octanol–water partition coefficient (Wildman–Crippen LogP) is 3.16. The molecule has 3 rings (SSSR count). The average molecular weight is 295 g/mol. The van der Waals surface area contributed by atoms with Crippen molar-refractivity contribution >= 4 is 23.1 Å². The van der Waals surface area contributed by atoms with E-state index in [0.717, 1.165) is 21.6 Å². The number of aromatic nitrogens is 1. The lowest BCUT2D eigenvalue weighted by atomic mass is 10.0. The predicted molar refractivity (Wildman–Crippen MR) is 85.9 cm³/mol. The Bertz CT molecular complexity index is 780. The molecule has 0 atom stereocenters. The van der Waals surface area contributed by atoms with Crippen molar-refractivity contribution in [2.45, 2.75) is 0 Å². The summed E-state index contributed by atoms with van der Waals surface area (Å²) in [5.41, 5.74) is 14.5. The van der Waals surface area contributed by atoms with E-state index in [-0.39, 0.29) is 0 Å². The van der Waals surface area contributed by atoms with Gasteiger partial charge in [-0.2, -0.15) is 0 Å². The van der Waals surface area contributed by atoms with E-state index in [9.17, 15) is 4.79 Å². The number of thiophene rings is 1. The third-order valence-corrected chi connectivity index (χ3v) is 4.12. The Morgan fingerprint density at radius 1 is 1.10 bits per heavy atom. The molecule has 0 aliphatic carbocycles. The number of carbonyl (C=O) groups is 1. The molecule has 0 radical (unpaired) electrons.